The van der Waals surface area contributed by atoms with Crippen molar-refractivity contribution < 1.29 is 9.47 Å². The molecule has 23 heavy (non-hydrogen) atoms. The van der Waals surface area contributed by atoms with Gasteiger partial charge in [-0.3, -0.25) is 0 Å². The lowest BCUT2D eigenvalue weighted by Gasteiger charge is -2.11. The Morgan fingerprint density at radius 1 is 0.957 bits per heavy atom. The van der Waals surface area contributed by atoms with Crippen LogP contribution in [0.25, 0.3) is 0 Å². The van der Waals surface area contributed by atoms with Gasteiger partial charge in [-0.1, -0.05) is 44.2 Å². The Morgan fingerprint density at radius 2 is 1.65 bits per heavy atom. The van der Waals surface area contributed by atoms with Crippen molar-refractivity contribution in [2.24, 2.45) is 5.73 Å². The van der Waals surface area contributed by atoms with Gasteiger partial charge in [0.25, 0.3) is 0 Å². The summed E-state index contributed by atoms with van der Waals surface area (Å²) in [5.41, 5.74) is 8.17. The SMILES string of the molecule is CC.NCCOc1cccc(OCc2ccccc2C2CC2)c1. The Balaban J connectivity index is 0.000000924. The number of nitrogens with two attached hydrogens (primary N) is 1. The van der Waals surface area contributed by atoms with Crippen molar-refractivity contribution in [3.63, 3.8) is 0 Å². The van der Waals surface area contributed by atoms with Crippen LogP contribution < -0.4 is 15.2 Å². The van der Waals surface area contributed by atoms with Gasteiger partial charge in [0.15, 0.2) is 0 Å². The highest BCUT2D eigenvalue weighted by atomic mass is 16.5. The van der Waals surface area contributed by atoms with Crippen molar-refractivity contribution in [3.8, 4) is 11.5 Å². The van der Waals surface area contributed by atoms with Gasteiger partial charge in [0, 0.05) is 12.6 Å². The fourth-order valence-corrected chi connectivity index (χ4v) is 2.45. The first kappa shape index (κ1) is 17.4. The fourth-order valence-electron chi connectivity index (χ4n) is 2.45. The van der Waals surface area contributed by atoms with Crippen molar-refractivity contribution in [3.05, 3.63) is 59.7 Å². The topological polar surface area (TPSA) is 44.5 Å². The van der Waals surface area contributed by atoms with Crippen LogP contribution in [0.5, 0.6) is 11.5 Å². The average Bonchev–Trinajstić information content (AvgIpc) is 3.45. The summed E-state index contributed by atoms with van der Waals surface area (Å²) in [4.78, 5) is 0. The summed E-state index contributed by atoms with van der Waals surface area (Å²) in [6.45, 7) is 5.64. The maximum Gasteiger partial charge on any atom is 0.123 e. The van der Waals surface area contributed by atoms with Gasteiger partial charge in [-0.25, -0.2) is 0 Å². The van der Waals surface area contributed by atoms with Crippen molar-refractivity contribution in [2.45, 2.75) is 39.2 Å². The monoisotopic (exact) mass is 313 g/mol. The minimum Gasteiger partial charge on any atom is -0.492 e. The molecule has 0 saturated heterocycles. The van der Waals surface area contributed by atoms with Crippen LogP contribution >= 0.6 is 0 Å². The highest BCUT2D eigenvalue weighted by Gasteiger charge is 2.25. The minimum absolute atomic E-state index is 0.514. The van der Waals surface area contributed by atoms with E-state index in [1.165, 1.54) is 24.0 Å². The van der Waals surface area contributed by atoms with Crippen molar-refractivity contribution in [2.75, 3.05) is 13.2 Å². The molecule has 0 atom stereocenters. The van der Waals surface area contributed by atoms with Crippen LogP contribution in [0.1, 0.15) is 43.7 Å². The second-order valence-electron chi connectivity index (χ2n) is 5.37. The molecule has 3 heteroatoms. The lowest BCUT2D eigenvalue weighted by Crippen LogP contribution is -2.10. The van der Waals surface area contributed by atoms with E-state index in [9.17, 15) is 0 Å². The largest absolute Gasteiger partial charge is 0.492 e. The predicted molar refractivity (Wildman–Crippen MR) is 95.1 cm³/mol. The molecule has 0 radical (unpaired) electrons. The summed E-state index contributed by atoms with van der Waals surface area (Å²) >= 11 is 0. The highest BCUT2D eigenvalue weighted by molar-refractivity contribution is 5.35. The van der Waals surface area contributed by atoms with Crippen LogP contribution in [0.2, 0.25) is 0 Å². The molecule has 1 fully saturated rings. The maximum absolute atomic E-state index is 5.92. The zero-order valence-corrected chi connectivity index (χ0v) is 14.1. The molecule has 0 heterocycles. The van der Waals surface area contributed by atoms with Crippen LogP contribution in [-0.2, 0) is 6.61 Å². The molecule has 3 nitrogen and oxygen atoms in total. The van der Waals surface area contributed by atoms with Gasteiger partial charge in [0.1, 0.15) is 24.7 Å². The summed E-state index contributed by atoms with van der Waals surface area (Å²) in [6.07, 6.45) is 2.61. The molecular weight excluding hydrogens is 286 g/mol. The maximum atomic E-state index is 5.92. The molecule has 2 N–H and O–H groups in total. The van der Waals surface area contributed by atoms with Crippen molar-refractivity contribution >= 4 is 0 Å². The Morgan fingerprint density at radius 3 is 2.35 bits per heavy atom. The minimum atomic E-state index is 0.514. The summed E-state index contributed by atoms with van der Waals surface area (Å²) in [5.74, 6) is 2.37. The van der Waals surface area contributed by atoms with E-state index in [0.29, 0.717) is 19.8 Å². The first-order valence-corrected chi connectivity index (χ1v) is 8.50. The Hall–Kier alpha value is -2.00. The van der Waals surface area contributed by atoms with Crippen molar-refractivity contribution in [1.82, 2.24) is 0 Å². The molecule has 0 aromatic heterocycles. The molecule has 1 saturated carbocycles. The quantitative estimate of drug-likeness (QED) is 0.818. The first-order valence-electron chi connectivity index (χ1n) is 8.50. The molecule has 1 aliphatic carbocycles. The van der Waals surface area contributed by atoms with Crippen LogP contribution in [0.15, 0.2) is 48.5 Å². The van der Waals surface area contributed by atoms with Gasteiger partial charge in [-0.2, -0.15) is 0 Å². The van der Waals surface area contributed by atoms with Crippen molar-refractivity contribution in [1.29, 1.82) is 0 Å². The molecule has 0 bridgehead atoms. The fraction of sp³-hybridized carbons (Fsp3) is 0.400. The first-order chi connectivity index (χ1) is 11.4. The van der Waals surface area contributed by atoms with E-state index >= 15 is 0 Å². The Labute approximate surface area is 139 Å². The molecule has 0 aliphatic heterocycles. The molecule has 3 rings (SSSR count). The Kier molecular flexibility index (Phi) is 6.95. The van der Waals surface area contributed by atoms with E-state index in [1.54, 1.807) is 0 Å². The molecular formula is C20H27NO2. The number of hydrogen-bond acceptors (Lipinski definition) is 3. The third-order valence-electron chi connectivity index (χ3n) is 3.66. The van der Waals surface area contributed by atoms with Crippen LogP contribution in [0.4, 0.5) is 0 Å². The van der Waals surface area contributed by atoms with E-state index in [1.807, 2.05) is 38.1 Å². The highest BCUT2D eigenvalue weighted by Crippen LogP contribution is 2.41. The van der Waals surface area contributed by atoms with Gasteiger partial charge < -0.3 is 15.2 Å². The van der Waals surface area contributed by atoms with E-state index in [2.05, 4.69) is 24.3 Å². The van der Waals surface area contributed by atoms with Crippen LogP contribution in [0.3, 0.4) is 0 Å². The molecule has 1 aliphatic rings. The van der Waals surface area contributed by atoms with Crippen LogP contribution in [0, 0.1) is 0 Å². The Bertz CT molecular complexity index is 594. The lowest BCUT2D eigenvalue weighted by molar-refractivity contribution is 0.296. The van der Waals surface area contributed by atoms with Gasteiger partial charge in [-0.05, 0) is 42.0 Å². The molecule has 0 spiro atoms. The van der Waals surface area contributed by atoms with E-state index in [4.69, 9.17) is 15.2 Å². The van der Waals surface area contributed by atoms with Gasteiger partial charge in [-0.15, -0.1) is 0 Å². The standard InChI is InChI=1S/C18H21NO2.C2H6/c19-10-11-20-16-5-3-6-17(12-16)21-13-15-4-1-2-7-18(15)14-8-9-14;1-2/h1-7,12,14H,8-11,13,19H2;1-2H3. The number of hydrogen-bond donors (Lipinski definition) is 1. The third kappa shape index (κ3) is 5.29. The summed E-state index contributed by atoms with van der Waals surface area (Å²) in [6, 6.07) is 16.3. The molecule has 0 amide bonds. The molecule has 2 aromatic rings. The number of ether oxygens (including phenoxy) is 2. The smallest absolute Gasteiger partial charge is 0.123 e. The van der Waals surface area contributed by atoms with Gasteiger partial charge in [0.2, 0.25) is 0 Å². The molecule has 124 valence electrons. The summed E-state index contributed by atoms with van der Waals surface area (Å²) in [7, 11) is 0. The molecule has 2 aromatic carbocycles. The van der Waals surface area contributed by atoms with Crippen LogP contribution in [-0.4, -0.2) is 13.2 Å². The number of rotatable bonds is 7. The summed E-state index contributed by atoms with van der Waals surface area (Å²) < 4.78 is 11.4. The predicted octanol–water partition coefficient (Wildman–Crippen LogP) is 4.51. The number of benzene rings is 2. The van der Waals surface area contributed by atoms with Gasteiger partial charge >= 0.3 is 0 Å². The third-order valence-corrected chi connectivity index (χ3v) is 3.66. The molecule has 0 unspecified atom stereocenters. The second kappa shape index (κ2) is 9.21. The zero-order valence-electron chi connectivity index (χ0n) is 14.1. The second-order valence-corrected chi connectivity index (χ2v) is 5.37. The van der Waals surface area contributed by atoms with E-state index in [0.717, 1.165) is 17.4 Å². The van der Waals surface area contributed by atoms with E-state index in [-0.39, 0.29) is 0 Å². The lowest BCUT2D eigenvalue weighted by atomic mass is 10.0. The van der Waals surface area contributed by atoms with Gasteiger partial charge in [0.05, 0.1) is 0 Å². The summed E-state index contributed by atoms with van der Waals surface area (Å²) in [5, 5.41) is 0. The zero-order chi connectivity index (χ0) is 16.5. The van der Waals surface area contributed by atoms with E-state index < -0.39 is 0 Å². The normalized spacial score (nSPS) is 13.0. The average molecular weight is 313 g/mol.